The number of hydrogen-bond donors (Lipinski definition) is 1. The molecule has 0 atom stereocenters. The van der Waals surface area contributed by atoms with E-state index in [1.165, 1.54) is 0 Å². The fourth-order valence-corrected chi connectivity index (χ4v) is 2.17. The van der Waals surface area contributed by atoms with E-state index in [1.54, 1.807) is 17.1 Å². The van der Waals surface area contributed by atoms with E-state index in [2.05, 4.69) is 5.10 Å². The minimum absolute atomic E-state index is 0.00648. The number of hydrogen-bond acceptors (Lipinski definition) is 3. The van der Waals surface area contributed by atoms with Crippen LogP contribution in [0.1, 0.15) is 29.3 Å². The van der Waals surface area contributed by atoms with E-state index in [-0.39, 0.29) is 5.91 Å². The van der Waals surface area contributed by atoms with Gasteiger partial charge in [0.05, 0.1) is 11.8 Å². The summed E-state index contributed by atoms with van der Waals surface area (Å²) in [5.41, 5.74) is 7.33. The third kappa shape index (κ3) is 4.16. The fraction of sp³-hybridized carbons (Fsp3) is 0.375. The van der Waals surface area contributed by atoms with Crippen LogP contribution in [0.25, 0.3) is 0 Å². The van der Waals surface area contributed by atoms with Gasteiger partial charge in [0.25, 0.3) is 5.91 Å². The lowest BCUT2D eigenvalue weighted by molar-refractivity contribution is 0.0742. The Bertz CT molecular complexity index is 565. The molecule has 0 bridgehead atoms. The van der Waals surface area contributed by atoms with Crippen LogP contribution in [-0.2, 0) is 13.1 Å². The van der Waals surface area contributed by atoms with E-state index < -0.39 is 0 Å². The highest BCUT2D eigenvalue weighted by molar-refractivity contribution is 5.93. The number of carbonyl (C=O) groups excluding carboxylic acids is 1. The van der Waals surface area contributed by atoms with Gasteiger partial charge >= 0.3 is 0 Å². The lowest BCUT2D eigenvalue weighted by Gasteiger charge is -2.22. The highest BCUT2D eigenvalue weighted by atomic mass is 16.2. The zero-order valence-electron chi connectivity index (χ0n) is 12.4. The molecule has 0 aliphatic heterocycles. The maximum atomic E-state index is 12.6. The van der Waals surface area contributed by atoms with E-state index >= 15 is 0 Å². The summed E-state index contributed by atoms with van der Waals surface area (Å²) in [6.07, 6.45) is 4.22. The monoisotopic (exact) mass is 286 g/mol. The first-order valence-electron chi connectivity index (χ1n) is 7.30. The second-order valence-corrected chi connectivity index (χ2v) is 4.94. The van der Waals surface area contributed by atoms with Gasteiger partial charge in [0.15, 0.2) is 0 Å². The normalized spacial score (nSPS) is 10.6. The van der Waals surface area contributed by atoms with Crippen molar-refractivity contribution in [3.8, 4) is 0 Å². The molecule has 2 rings (SSSR count). The van der Waals surface area contributed by atoms with Crippen LogP contribution < -0.4 is 5.73 Å². The van der Waals surface area contributed by atoms with E-state index in [0.29, 0.717) is 25.2 Å². The van der Waals surface area contributed by atoms with Crippen molar-refractivity contribution in [1.82, 2.24) is 14.7 Å². The predicted molar refractivity (Wildman–Crippen MR) is 82.8 cm³/mol. The van der Waals surface area contributed by atoms with Crippen LogP contribution in [0.4, 0.5) is 0 Å². The summed E-state index contributed by atoms with van der Waals surface area (Å²) in [6.45, 7) is 4.58. The zero-order valence-corrected chi connectivity index (χ0v) is 12.4. The number of nitrogens with two attached hydrogens (primary N) is 1. The van der Waals surface area contributed by atoms with Crippen molar-refractivity contribution < 1.29 is 4.79 Å². The van der Waals surface area contributed by atoms with Crippen molar-refractivity contribution in [3.63, 3.8) is 0 Å². The smallest absolute Gasteiger partial charge is 0.257 e. The Morgan fingerprint density at radius 3 is 2.71 bits per heavy atom. The molecule has 21 heavy (non-hydrogen) atoms. The number of aryl methyl sites for hydroxylation is 1. The third-order valence-corrected chi connectivity index (χ3v) is 3.34. The van der Waals surface area contributed by atoms with E-state index in [4.69, 9.17) is 5.73 Å². The van der Waals surface area contributed by atoms with Crippen molar-refractivity contribution in [1.29, 1.82) is 0 Å². The minimum Gasteiger partial charge on any atom is -0.334 e. The summed E-state index contributed by atoms with van der Waals surface area (Å²) in [4.78, 5) is 14.4. The molecule has 2 N–H and O–H groups in total. The van der Waals surface area contributed by atoms with Crippen molar-refractivity contribution in [2.75, 3.05) is 13.1 Å². The Morgan fingerprint density at radius 1 is 1.33 bits per heavy atom. The van der Waals surface area contributed by atoms with E-state index in [0.717, 1.165) is 18.5 Å². The SMILES string of the molecule is CCn1cc(C(=O)N(CCCN)Cc2ccccc2)cn1. The summed E-state index contributed by atoms with van der Waals surface area (Å²) in [7, 11) is 0. The quantitative estimate of drug-likeness (QED) is 0.845. The first kappa shape index (κ1) is 15.3. The molecule has 1 heterocycles. The van der Waals surface area contributed by atoms with Crippen LogP contribution in [0.2, 0.25) is 0 Å². The van der Waals surface area contributed by atoms with E-state index in [9.17, 15) is 4.79 Å². The molecule has 112 valence electrons. The standard InChI is InChI=1S/C16H22N4O/c1-2-20-13-15(11-18-20)16(21)19(10-6-9-17)12-14-7-4-3-5-8-14/h3-5,7-8,11,13H,2,6,9-10,12,17H2,1H3. The molecule has 5 nitrogen and oxygen atoms in total. The number of carbonyl (C=O) groups is 1. The minimum atomic E-state index is 0.00648. The second kappa shape index (κ2) is 7.59. The van der Waals surface area contributed by atoms with Crippen LogP contribution in [0.5, 0.6) is 0 Å². The molecule has 0 radical (unpaired) electrons. The summed E-state index contributed by atoms with van der Waals surface area (Å²) in [5.74, 6) is 0.00648. The number of amides is 1. The number of aromatic nitrogens is 2. The molecule has 0 saturated heterocycles. The topological polar surface area (TPSA) is 64.2 Å². The number of nitrogens with zero attached hydrogens (tertiary/aromatic N) is 3. The Balaban J connectivity index is 2.12. The lowest BCUT2D eigenvalue weighted by atomic mass is 10.2. The molecular formula is C16H22N4O. The molecule has 2 aromatic rings. The summed E-state index contributed by atoms with van der Waals surface area (Å²) in [6, 6.07) is 9.99. The third-order valence-electron chi connectivity index (χ3n) is 3.34. The summed E-state index contributed by atoms with van der Waals surface area (Å²) in [5, 5.41) is 4.17. The van der Waals surface area contributed by atoms with Gasteiger partial charge in [-0.3, -0.25) is 9.48 Å². The molecule has 0 unspecified atom stereocenters. The second-order valence-electron chi connectivity index (χ2n) is 4.94. The van der Waals surface area contributed by atoms with Gasteiger partial charge in [-0.05, 0) is 25.5 Å². The van der Waals surface area contributed by atoms with Gasteiger partial charge in [-0.15, -0.1) is 0 Å². The van der Waals surface area contributed by atoms with Crippen LogP contribution >= 0.6 is 0 Å². The van der Waals surface area contributed by atoms with Crippen LogP contribution in [-0.4, -0.2) is 33.7 Å². The molecule has 1 aromatic carbocycles. The molecule has 1 aromatic heterocycles. The largest absolute Gasteiger partial charge is 0.334 e. The average molecular weight is 286 g/mol. The van der Waals surface area contributed by atoms with Gasteiger partial charge in [0.1, 0.15) is 0 Å². The highest BCUT2D eigenvalue weighted by Crippen LogP contribution is 2.10. The van der Waals surface area contributed by atoms with E-state index in [1.807, 2.05) is 42.2 Å². The Morgan fingerprint density at radius 2 is 2.10 bits per heavy atom. The Hall–Kier alpha value is -2.14. The lowest BCUT2D eigenvalue weighted by Crippen LogP contribution is -2.32. The maximum Gasteiger partial charge on any atom is 0.257 e. The molecule has 0 fully saturated rings. The van der Waals surface area contributed by atoms with Crippen molar-refractivity contribution in [2.45, 2.75) is 26.4 Å². The molecule has 0 saturated carbocycles. The van der Waals surface area contributed by atoms with Gasteiger partial charge in [0, 0.05) is 25.8 Å². The molecule has 1 amide bonds. The van der Waals surface area contributed by atoms with Gasteiger partial charge in [0.2, 0.25) is 0 Å². The summed E-state index contributed by atoms with van der Waals surface area (Å²) < 4.78 is 1.76. The summed E-state index contributed by atoms with van der Waals surface area (Å²) >= 11 is 0. The van der Waals surface area contributed by atoms with Crippen LogP contribution in [0, 0.1) is 0 Å². The molecule has 5 heteroatoms. The van der Waals surface area contributed by atoms with Crippen LogP contribution in [0.3, 0.4) is 0 Å². The van der Waals surface area contributed by atoms with Gasteiger partial charge in [-0.25, -0.2) is 0 Å². The number of rotatable bonds is 7. The zero-order chi connectivity index (χ0) is 15.1. The van der Waals surface area contributed by atoms with Gasteiger partial charge in [-0.2, -0.15) is 5.10 Å². The molecule has 0 aliphatic carbocycles. The molecule has 0 aliphatic rings. The first-order valence-corrected chi connectivity index (χ1v) is 7.30. The number of benzene rings is 1. The predicted octanol–water partition coefficient (Wildman–Crippen LogP) is 1.89. The Kier molecular flexibility index (Phi) is 5.51. The molecular weight excluding hydrogens is 264 g/mol. The van der Waals surface area contributed by atoms with Crippen molar-refractivity contribution >= 4 is 5.91 Å². The van der Waals surface area contributed by atoms with Crippen molar-refractivity contribution in [2.24, 2.45) is 5.73 Å². The van der Waals surface area contributed by atoms with Crippen LogP contribution in [0.15, 0.2) is 42.7 Å². The fourth-order valence-electron chi connectivity index (χ4n) is 2.17. The molecule has 0 spiro atoms. The maximum absolute atomic E-state index is 12.6. The van der Waals surface area contributed by atoms with Gasteiger partial charge < -0.3 is 10.6 Å². The average Bonchev–Trinajstić information content (AvgIpc) is 3.00. The Labute approximate surface area is 125 Å². The van der Waals surface area contributed by atoms with Gasteiger partial charge in [-0.1, -0.05) is 30.3 Å². The first-order chi connectivity index (χ1) is 10.2. The highest BCUT2D eigenvalue weighted by Gasteiger charge is 2.17. The van der Waals surface area contributed by atoms with Crippen molar-refractivity contribution in [3.05, 3.63) is 53.9 Å².